The molecule has 0 aliphatic heterocycles. The van der Waals surface area contributed by atoms with Crippen LogP contribution in [0.4, 0.5) is 11.4 Å². The standard InChI is InChI=1S/C18H19BrN6O2/c1-3-16(25-11-12(19)10-20-25)18(27)22-14-6-4-5-13(9-14)21-17(26)15-7-8-24(2)23-15/h4-11,16H,3H2,1-2H3,(H,21,26)(H,22,27). The number of halogens is 1. The summed E-state index contributed by atoms with van der Waals surface area (Å²) in [5.41, 5.74) is 1.48. The Labute approximate surface area is 164 Å². The van der Waals surface area contributed by atoms with Crippen molar-refractivity contribution < 1.29 is 9.59 Å². The molecule has 27 heavy (non-hydrogen) atoms. The van der Waals surface area contributed by atoms with Crippen LogP contribution in [0.15, 0.2) is 53.4 Å². The second-order valence-electron chi connectivity index (χ2n) is 5.96. The third kappa shape index (κ3) is 4.62. The Morgan fingerprint density at radius 3 is 2.56 bits per heavy atom. The molecule has 0 bridgehead atoms. The minimum Gasteiger partial charge on any atom is -0.324 e. The summed E-state index contributed by atoms with van der Waals surface area (Å²) in [6, 6.07) is 8.18. The van der Waals surface area contributed by atoms with Gasteiger partial charge in [-0.3, -0.25) is 19.0 Å². The molecule has 2 amide bonds. The first kappa shape index (κ1) is 18.8. The molecule has 8 nitrogen and oxygen atoms in total. The van der Waals surface area contributed by atoms with E-state index in [0.717, 1.165) is 4.47 Å². The number of carbonyl (C=O) groups is 2. The molecule has 0 fully saturated rings. The molecule has 1 unspecified atom stereocenters. The van der Waals surface area contributed by atoms with Crippen LogP contribution >= 0.6 is 15.9 Å². The monoisotopic (exact) mass is 430 g/mol. The van der Waals surface area contributed by atoms with E-state index in [1.165, 1.54) is 0 Å². The first-order valence-corrected chi connectivity index (χ1v) is 9.17. The van der Waals surface area contributed by atoms with E-state index < -0.39 is 6.04 Å². The number of rotatable bonds is 6. The molecule has 140 valence electrons. The van der Waals surface area contributed by atoms with Crippen LogP contribution in [-0.4, -0.2) is 31.4 Å². The van der Waals surface area contributed by atoms with Gasteiger partial charge in [-0.2, -0.15) is 10.2 Å². The summed E-state index contributed by atoms with van der Waals surface area (Å²) in [5.74, 6) is -0.492. The van der Waals surface area contributed by atoms with Crippen LogP contribution in [0.5, 0.6) is 0 Å². The summed E-state index contributed by atoms with van der Waals surface area (Å²) < 4.78 is 3.99. The number of hydrogen-bond acceptors (Lipinski definition) is 4. The number of carbonyl (C=O) groups excluding carboxylic acids is 2. The first-order chi connectivity index (χ1) is 13.0. The average Bonchev–Trinajstić information content (AvgIpc) is 3.24. The Hall–Kier alpha value is -2.94. The number of anilines is 2. The van der Waals surface area contributed by atoms with E-state index in [-0.39, 0.29) is 11.8 Å². The summed E-state index contributed by atoms with van der Waals surface area (Å²) in [6.45, 7) is 1.92. The highest BCUT2D eigenvalue weighted by Crippen LogP contribution is 2.20. The van der Waals surface area contributed by atoms with Gasteiger partial charge in [-0.15, -0.1) is 0 Å². The van der Waals surface area contributed by atoms with Gasteiger partial charge >= 0.3 is 0 Å². The largest absolute Gasteiger partial charge is 0.324 e. The highest BCUT2D eigenvalue weighted by Gasteiger charge is 2.19. The minimum atomic E-state index is -0.428. The van der Waals surface area contributed by atoms with Gasteiger partial charge in [0, 0.05) is 30.8 Å². The lowest BCUT2D eigenvalue weighted by atomic mass is 10.2. The average molecular weight is 431 g/mol. The van der Waals surface area contributed by atoms with Crippen LogP contribution in [-0.2, 0) is 11.8 Å². The van der Waals surface area contributed by atoms with Crippen LogP contribution in [0.1, 0.15) is 29.9 Å². The van der Waals surface area contributed by atoms with Crippen molar-refractivity contribution in [1.82, 2.24) is 19.6 Å². The predicted molar refractivity (Wildman–Crippen MR) is 105 cm³/mol. The van der Waals surface area contributed by atoms with Crippen molar-refractivity contribution in [1.29, 1.82) is 0 Å². The topological polar surface area (TPSA) is 93.8 Å². The molecular weight excluding hydrogens is 412 g/mol. The molecule has 2 heterocycles. The zero-order valence-corrected chi connectivity index (χ0v) is 16.5. The van der Waals surface area contributed by atoms with Crippen molar-refractivity contribution >= 4 is 39.1 Å². The van der Waals surface area contributed by atoms with Crippen molar-refractivity contribution in [3.05, 3.63) is 59.1 Å². The molecule has 3 rings (SSSR count). The molecule has 9 heteroatoms. The van der Waals surface area contributed by atoms with Crippen molar-refractivity contribution in [2.24, 2.45) is 7.05 Å². The molecule has 0 aliphatic carbocycles. The van der Waals surface area contributed by atoms with Crippen molar-refractivity contribution in [2.75, 3.05) is 10.6 Å². The fraction of sp³-hybridized carbons (Fsp3) is 0.222. The van der Waals surface area contributed by atoms with Crippen LogP contribution in [0.25, 0.3) is 0 Å². The smallest absolute Gasteiger partial charge is 0.276 e. The zero-order valence-electron chi connectivity index (χ0n) is 14.9. The minimum absolute atomic E-state index is 0.179. The van der Waals surface area contributed by atoms with Gasteiger partial charge in [-0.1, -0.05) is 13.0 Å². The summed E-state index contributed by atoms with van der Waals surface area (Å²) in [6.07, 6.45) is 5.70. The Morgan fingerprint density at radius 1 is 1.22 bits per heavy atom. The van der Waals surface area contributed by atoms with E-state index in [1.807, 2.05) is 6.92 Å². The van der Waals surface area contributed by atoms with E-state index >= 15 is 0 Å². The van der Waals surface area contributed by atoms with E-state index in [4.69, 9.17) is 0 Å². The van der Waals surface area contributed by atoms with Gasteiger partial charge in [0.2, 0.25) is 5.91 Å². The maximum absolute atomic E-state index is 12.6. The Morgan fingerprint density at radius 2 is 1.96 bits per heavy atom. The lowest BCUT2D eigenvalue weighted by Gasteiger charge is -2.16. The molecule has 0 radical (unpaired) electrons. The van der Waals surface area contributed by atoms with Crippen LogP contribution in [0, 0.1) is 0 Å². The van der Waals surface area contributed by atoms with Crippen molar-refractivity contribution in [3.8, 4) is 0 Å². The van der Waals surface area contributed by atoms with Gasteiger partial charge < -0.3 is 10.6 Å². The predicted octanol–water partition coefficient (Wildman–Crippen LogP) is 3.22. The SMILES string of the molecule is CCC(C(=O)Nc1cccc(NC(=O)c2ccn(C)n2)c1)n1cc(Br)cn1. The molecular formula is C18H19BrN6O2. The normalized spacial score (nSPS) is 11.8. The Bertz CT molecular complexity index is 964. The maximum Gasteiger partial charge on any atom is 0.276 e. The lowest BCUT2D eigenvalue weighted by molar-refractivity contribution is -0.119. The molecule has 3 aromatic rings. The van der Waals surface area contributed by atoms with Gasteiger partial charge in [0.25, 0.3) is 5.91 Å². The summed E-state index contributed by atoms with van der Waals surface area (Å²) in [5, 5.41) is 13.9. The van der Waals surface area contributed by atoms with Gasteiger partial charge in [-0.05, 0) is 46.6 Å². The van der Waals surface area contributed by atoms with E-state index in [2.05, 4.69) is 36.8 Å². The molecule has 1 aromatic carbocycles. The summed E-state index contributed by atoms with van der Waals surface area (Å²) in [4.78, 5) is 24.8. The number of amides is 2. The maximum atomic E-state index is 12.6. The van der Waals surface area contributed by atoms with Gasteiger partial charge in [0.05, 0.1) is 10.7 Å². The zero-order chi connectivity index (χ0) is 19.4. The van der Waals surface area contributed by atoms with Crippen LogP contribution in [0.2, 0.25) is 0 Å². The molecule has 2 aromatic heterocycles. The van der Waals surface area contributed by atoms with Crippen molar-refractivity contribution in [2.45, 2.75) is 19.4 Å². The highest BCUT2D eigenvalue weighted by atomic mass is 79.9. The Kier molecular flexibility index (Phi) is 5.70. The summed E-state index contributed by atoms with van der Waals surface area (Å²) in [7, 11) is 1.75. The molecule has 0 saturated heterocycles. The third-order valence-corrected chi connectivity index (χ3v) is 4.32. The van der Waals surface area contributed by atoms with Crippen LogP contribution < -0.4 is 10.6 Å². The molecule has 0 aliphatic rings. The van der Waals surface area contributed by atoms with E-state index in [0.29, 0.717) is 23.5 Å². The number of aryl methyl sites for hydroxylation is 1. The Balaban J connectivity index is 1.69. The van der Waals surface area contributed by atoms with Gasteiger partial charge in [0.1, 0.15) is 6.04 Å². The highest BCUT2D eigenvalue weighted by molar-refractivity contribution is 9.10. The number of hydrogen-bond donors (Lipinski definition) is 2. The number of nitrogens with zero attached hydrogens (tertiary/aromatic N) is 4. The van der Waals surface area contributed by atoms with Gasteiger partial charge in [0.15, 0.2) is 5.69 Å². The second kappa shape index (κ2) is 8.17. The second-order valence-corrected chi connectivity index (χ2v) is 6.88. The fourth-order valence-electron chi connectivity index (χ4n) is 2.61. The molecule has 2 N–H and O–H groups in total. The number of aromatic nitrogens is 4. The lowest BCUT2D eigenvalue weighted by Crippen LogP contribution is -2.26. The number of benzene rings is 1. The quantitative estimate of drug-likeness (QED) is 0.627. The number of nitrogens with one attached hydrogen (secondary N) is 2. The van der Waals surface area contributed by atoms with Crippen molar-refractivity contribution in [3.63, 3.8) is 0 Å². The molecule has 1 atom stereocenters. The fourth-order valence-corrected chi connectivity index (χ4v) is 2.91. The van der Waals surface area contributed by atoms with E-state index in [9.17, 15) is 9.59 Å². The van der Waals surface area contributed by atoms with Crippen LogP contribution in [0.3, 0.4) is 0 Å². The molecule has 0 saturated carbocycles. The van der Waals surface area contributed by atoms with Gasteiger partial charge in [-0.25, -0.2) is 0 Å². The third-order valence-electron chi connectivity index (χ3n) is 3.91. The van der Waals surface area contributed by atoms with E-state index in [1.54, 1.807) is 65.3 Å². The summed E-state index contributed by atoms with van der Waals surface area (Å²) >= 11 is 3.34. The molecule has 0 spiro atoms. The first-order valence-electron chi connectivity index (χ1n) is 8.38.